The van der Waals surface area contributed by atoms with Gasteiger partial charge in [0.25, 0.3) is 0 Å². The van der Waals surface area contributed by atoms with E-state index in [9.17, 15) is 0 Å². The number of allylic oxidation sites excluding steroid dienone is 1. The molecule has 2 aliphatic rings. The maximum Gasteiger partial charge on any atom is 0.159 e. The second-order valence-corrected chi connectivity index (χ2v) is 9.68. The molecule has 0 N–H and O–H groups in total. The molecule has 1 aromatic heterocycles. The molecule has 2 heterocycles. The quantitative estimate of drug-likeness (QED) is 0.373. The van der Waals surface area contributed by atoms with Crippen molar-refractivity contribution in [3.8, 4) is 5.75 Å². The second-order valence-electron chi connectivity index (χ2n) is 9.68. The predicted molar refractivity (Wildman–Crippen MR) is 145 cm³/mol. The van der Waals surface area contributed by atoms with Gasteiger partial charge in [-0.3, -0.25) is 4.98 Å². The van der Waals surface area contributed by atoms with E-state index >= 15 is 0 Å². The fraction of sp³-hybridized carbons (Fsp3) is 0.387. The van der Waals surface area contributed by atoms with Crippen LogP contribution in [0, 0.1) is 5.92 Å². The standard InChI is InChI=1S/C31H36N2O3/c1-34-27-11-12-29-25(21-27)5-4-6-28(22-13-17-32-18-14-22)30(29)23-7-9-26(10-8-23)33-19-15-24(16-20-33)31(35-2)36-3/h7-14,17-18,21,24,31H,4-6,15-16,19-20H2,1-3H3. The van der Waals surface area contributed by atoms with Crippen LogP contribution in [0.15, 0.2) is 67.0 Å². The van der Waals surface area contributed by atoms with Crippen molar-refractivity contribution in [2.45, 2.75) is 38.4 Å². The molecule has 0 unspecified atom stereocenters. The van der Waals surface area contributed by atoms with Gasteiger partial charge in [0, 0.05) is 51.3 Å². The normalized spacial score (nSPS) is 16.7. The third kappa shape index (κ3) is 5.04. The van der Waals surface area contributed by atoms with Crippen LogP contribution in [0.25, 0.3) is 11.1 Å². The van der Waals surface area contributed by atoms with E-state index in [2.05, 4.69) is 64.5 Å². The Hall–Kier alpha value is -3.15. The molecule has 1 fully saturated rings. The molecular formula is C31H36N2O3. The van der Waals surface area contributed by atoms with Gasteiger partial charge in [-0.15, -0.1) is 0 Å². The summed E-state index contributed by atoms with van der Waals surface area (Å²) in [5, 5.41) is 0. The van der Waals surface area contributed by atoms with Crippen molar-refractivity contribution < 1.29 is 14.2 Å². The van der Waals surface area contributed by atoms with E-state index in [1.54, 1.807) is 21.3 Å². The molecule has 1 saturated heterocycles. The van der Waals surface area contributed by atoms with E-state index < -0.39 is 0 Å². The maximum absolute atomic E-state index is 5.55. The van der Waals surface area contributed by atoms with Crippen LogP contribution in [-0.2, 0) is 15.9 Å². The second kappa shape index (κ2) is 11.3. The zero-order valence-electron chi connectivity index (χ0n) is 21.6. The van der Waals surface area contributed by atoms with Gasteiger partial charge >= 0.3 is 0 Å². The largest absolute Gasteiger partial charge is 0.497 e. The van der Waals surface area contributed by atoms with Crippen LogP contribution in [0.2, 0.25) is 0 Å². The molecule has 36 heavy (non-hydrogen) atoms. The van der Waals surface area contributed by atoms with E-state index in [4.69, 9.17) is 14.2 Å². The first-order valence-electron chi connectivity index (χ1n) is 12.9. The smallest absolute Gasteiger partial charge is 0.159 e. The zero-order chi connectivity index (χ0) is 24.9. The van der Waals surface area contributed by atoms with Crippen molar-refractivity contribution in [2.75, 3.05) is 39.3 Å². The molecule has 0 spiro atoms. The first kappa shape index (κ1) is 24.5. The van der Waals surface area contributed by atoms with Crippen LogP contribution in [0.3, 0.4) is 0 Å². The molecule has 0 amide bonds. The number of hydrogen-bond donors (Lipinski definition) is 0. The number of hydrogen-bond acceptors (Lipinski definition) is 5. The number of pyridine rings is 1. The number of methoxy groups -OCH3 is 3. The molecule has 0 radical (unpaired) electrons. The van der Waals surface area contributed by atoms with Crippen molar-refractivity contribution in [2.24, 2.45) is 5.92 Å². The third-order valence-electron chi connectivity index (χ3n) is 7.70. The average Bonchev–Trinajstić information content (AvgIpc) is 3.14. The summed E-state index contributed by atoms with van der Waals surface area (Å²) in [6, 6.07) is 19.9. The molecule has 5 heteroatoms. The van der Waals surface area contributed by atoms with Gasteiger partial charge in [0.05, 0.1) is 7.11 Å². The summed E-state index contributed by atoms with van der Waals surface area (Å²) in [5.41, 5.74) is 9.15. The van der Waals surface area contributed by atoms with E-state index in [1.165, 1.54) is 39.1 Å². The minimum atomic E-state index is -0.109. The number of nitrogens with zero attached hydrogens (tertiary/aromatic N) is 2. The van der Waals surface area contributed by atoms with Gasteiger partial charge in [-0.05, 0) is 102 Å². The van der Waals surface area contributed by atoms with Crippen molar-refractivity contribution in [1.82, 2.24) is 4.98 Å². The van der Waals surface area contributed by atoms with Crippen LogP contribution in [0.1, 0.15) is 47.9 Å². The van der Waals surface area contributed by atoms with Gasteiger partial charge in [-0.2, -0.15) is 0 Å². The fourth-order valence-corrected chi connectivity index (χ4v) is 5.81. The van der Waals surface area contributed by atoms with Crippen LogP contribution >= 0.6 is 0 Å². The number of aromatic nitrogens is 1. The van der Waals surface area contributed by atoms with Crippen molar-refractivity contribution in [3.05, 3.63) is 89.2 Å². The van der Waals surface area contributed by atoms with Crippen molar-refractivity contribution >= 4 is 16.8 Å². The molecule has 1 aliphatic heterocycles. The van der Waals surface area contributed by atoms with Gasteiger partial charge in [0.1, 0.15) is 5.75 Å². The Morgan fingerprint density at radius 1 is 0.833 bits per heavy atom. The highest BCUT2D eigenvalue weighted by Gasteiger charge is 2.27. The summed E-state index contributed by atoms with van der Waals surface area (Å²) in [7, 11) is 5.20. The zero-order valence-corrected chi connectivity index (χ0v) is 21.6. The highest BCUT2D eigenvalue weighted by atomic mass is 16.7. The topological polar surface area (TPSA) is 43.8 Å². The van der Waals surface area contributed by atoms with Gasteiger partial charge in [0.15, 0.2) is 6.29 Å². The molecular weight excluding hydrogens is 448 g/mol. The lowest BCUT2D eigenvalue weighted by Gasteiger charge is -2.36. The molecule has 0 atom stereocenters. The van der Waals surface area contributed by atoms with E-state index in [1.807, 2.05) is 12.4 Å². The van der Waals surface area contributed by atoms with Crippen LogP contribution in [0.5, 0.6) is 5.75 Å². The molecule has 188 valence electrons. The monoisotopic (exact) mass is 484 g/mol. The minimum absolute atomic E-state index is 0.109. The van der Waals surface area contributed by atoms with Gasteiger partial charge in [-0.1, -0.05) is 18.2 Å². The minimum Gasteiger partial charge on any atom is -0.497 e. The number of ether oxygens (including phenoxy) is 3. The van der Waals surface area contributed by atoms with E-state index in [-0.39, 0.29) is 6.29 Å². The Morgan fingerprint density at radius 2 is 1.56 bits per heavy atom. The Kier molecular flexibility index (Phi) is 7.69. The molecule has 2 aromatic carbocycles. The Morgan fingerprint density at radius 3 is 2.22 bits per heavy atom. The summed E-state index contributed by atoms with van der Waals surface area (Å²) in [4.78, 5) is 6.74. The van der Waals surface area contributed by atoms with Crippen LogP contribution in [0.4, 0.5) is 5.69 Å². The van der Waals surface area contributed by atoms with Gasteiger partial charge < -0.3 is 19.1 Å². The highest BCUT2D eigenvalue weighted by Crippen LogP contribution is 2.41. The van der Waals surface area contributed by atoms with Crippen molar-refractivity contribution in [3.63, 3.8) is 0 Å². The predicted octanol–water partition coefficient (Wildman–Crippen LogP) is 6.22. The van der Waals surface area contributed by atoms with Gasteiger partial charge in [0.2, 0.25) is 0 Å². The fourth-order valence-electron chi connectivity index (χ4n) is 5.81. The van der Waals surface area contributed by atoms with Crippen molar-refractivity contribution in [1.29, 1.82) is 0 Å². The third-order valence-corrected chi connectivity index (χ3v) is 7.70. The number of benzene rings is 2. The first-order chi connectivity index (χ1) is 17.7. The molecule has 5 rings (SSSR count). The summed E-state index contributed by atoms with van der Waals surface area (Å²) >= 11 is 0. The molecule has 0 bridgehead atoms. The van der Waals surface area contributed by atoms with E-state index in [0.717, 1.165) is 50.9 Å². The van der Waals surface area contributed by atoms with Gasteiger partial charge in [-0.25, -0.2) is 0 Å². The molecule has 1 aliphatic carbocycles. The first-order valence-corrected chi connectivity index (χ1v) is 12.9. The number of fused-ring (bicyclic) bond motifs is 1. The highest BCUT2D eigenvalue weighted by molar-refractivity contribution is 6.00. The lowest BCUT2D eigenvalue weighted by atomic mass is 9.88. The number of piperidine rings is 1. The number of rotatable bonds is 7. The molecule has 0 saturated carbocycles. The number of aryl methyl sites for hydroxylation is 1. The lowest BCUT2D eigenvalue weighted by molar-refractivity contribution is -0.141. The SMILES string of the molecule is COc1ccc2c(c1)CCCC(c1ccncc1)=C2c1ccc(N2CCC(C(OC)OC)CC2)cc1. The number of anilines is 1. The lowest BCUT2D eigenvalue weighted by Crippen LogP contribution is -2.39. The summed E-state index contributed by atoms with van der Waals surface area (Å²) in [6.45, 7) is 2.03. The Labute approximate surface area is 214 Å². The summed E-state index contributed by atoms with van der Waals surface area (Å²) < 4.78 is 16.6. The molecule has 5 nitrogen and oxygen atoms in total. The van der Waals surface area contributed by atoms with E-state index in [0.29, 0.717) is 5.92 Å². The van der Waals surface area contributed by atoms with Crippen LogP contribution < -0.4 is 9.64 Å². The van der Waals surface area contributed by atoms with Crippen LogP contribution in [-0.4, -0.2) is 45.7 Å². The summed E-state index contributed by atoms with van der Waals surface area (Å²) in [5.74, 6) is 1.37. The Balaban J connectivity index is 1.48. The average molecular weight is 485 g/mol. The maximum atomic E-state index is 5.55. The molecule has 3 aromatic rings. The summed E-state index contributed by atoms with van der Waals surface area (Å²) in [6.07, 6.45) is 9.00. The Bertz CT molecular complexity index is 1180.